The predicted molar refractivity (Wildman–Crippen MR) is 88.9 cm³/mol. The Morgan fingerprint density at radius 1 is 1.30 bits per heavy atom. The number of benzene rings is 1. The molecular weight excluding hydrogens is 316 g/mol. The highest BCUT2D eigenvalue weighted by Gasteiger charge is 2.32. The number of nitrogens with one attached hydrogen (secondary N) is 1. The highest BCUT2D eigenvalue weighted by Crippen LogP contribution is 2.35. The van der Waals surface area contributed by atoms with Crippen LogP contribution in [0.1, 0.15) is 12.8 Å². The number of pyridine rings is 1. The lowest BCUT2D eigenvalue weighted by Gasteiger charge is -2.23. The van der Waals surface area contributed by atoms with Gasteiger partial charge in [-0.05, 0) is 25.0 Å². The molecule has 2 heterocycles. The molecule has 1 aliphatic rings. The molecule has 1 N–H and O–H groups in total. The van der Waals surface area contributed by atoms with E-state index in [1.165, 1.54) is 7.11 Å². The van der Waals surface area contributed by atoms with Crippen LogP contribution in [0.25, 0.3) is 10.9 Å². The standard InChI is InChI=1S/C16H20N2O4S/c1-17-13-3-6-18-14-10-15(21-2)16(9-12(13)14)23(19,20)11-4-7-22-8-5-11/h3,6,9-11H,4-5,7-8H2,1-2H3,(H,17,18). The second-order valence-electron chi connectivity index (χ2n) is 5.49. The van der Waals surface area contributed by atoms with Crippen LogP contribution in [0, 0.1) is 0 Å². The molecule has 3 rings (SSSR count). The Hall–Kier alpha value is -1.86. The van der Waals surface area contributed by atoms with Gasteiger partial charge in [-0.25, -0.2) is 8.42 Å². The van der Waals surface area contributed by atoms with Crippen LogP contribution in [-0.2, 0) is 14.6 Å². The topological polar surface area (TPSA) is 77.5 Å². The van der Waals surface area contributed by atoms with E-state index in [-0.39, 0.29) is 4.90 Å². The minimum absolute atomic E-state index is 0.226. The lowest BCUT2D eigenvalue weighted by atomic mass is 10.2. The first-order chi connectivity index (χ1) is 11.1. The zero-order valence-corrected chi connectivity index (χ0v) is 14.0. The number of anilines is 1. The fourth-order valence-corrected chi connectivity index (χ4v) is 4.80. The van der Waals surface area contributed by atoms with Crippen molar-refractivity contribution in [1.29, 1.82) is 0 Å². The maximum Gasteiger partial charge on any atom is 0.185 e. The predicted octanol–water partition coefficient (Wildman–Crippen LogP) is 2.24. The van der Waals surface area contributed by atoms with Crippen LogP contribution < -0.4 is 10.1 Å². The van der Waals surface area contributed by atoms with Crippen LogP contribution in [0.4, 0.5) is 5.69 Å². The molecular formula is C16H20N2O4S. The van der Waals surface area contributed by atoms with E-state index >= 15 is 0 Å². The second kappa shape index (κ2) is 6.33. The molecule has 0 saturated carbocycles. The van der Waals surface area contributed by atoms with Crippen molar-refractivity contribution in [2.45, 2.75) is 23.0 Å². The van der Waals surface area contributed by atoms with Crippen molar-refractivity contribution in [3.8, 4) is 5.75 Å². The van der Waals surface area contributed by atoms with Gasteiger partial charge >= 0.3 is 0 Å². The third kappa shape index (κ3) is 2.86. The van der Waals surface area contributed by atoms with Crippen molar-refractivity contribution in [3.05, 3.63) is 24.4 Å². The molecule has 0 unspecified atom stereocenters. The van der Waals surface area contributed by atoms with Gasteiger partial charge in [-0.15, -0.1) is 0 Å². The average molecular weight is 336 g/mol. The molecule has 0 radical (unpaired) electrons. The normalized spacial score (nSPS) is 16.4. The molecule has 7 heteroatoms. The van der Waals surface area contributed by atoms with Gasteiger partial charge in [-0.1, -0.05) is 0 Å². The quantitative estimate of drug-likeness (QED) is 0.922. The third-order valence-electron chi connectivity index (χ3n) is 4.21. The Morgan fingerprint density at radius 3 is 2.70 bits per heavy atom. The second-order valence-corrected chi connectivity index (χ2v) is 7.68. The van der Waals surface area contributed by atoms with Crippen LogP contribution in [-0.4, -0.2) is 46.0 Å². The van der Waals surface area contributed by atoms with E-state index in [2.05, 4.69) is 10.3 Å². The lowest BCUT2D eigenvalue weighted by Crippen LogP contribution is -2.29. The number of hydrogen-bond donors (Lipinski definition) is 1. The molecule has 0 atom stereocenters. The van der Waals surface area contributed by atoms with Crippen molar-refractivity contribution in [1.82, 2.24) is 4.98 Å². The highest BCUT2D eigenvalue weighted by molar-refractivity contribution is 7.92. The van der Waals surface area contributed by atoms with E-state index in [0.29, 0.717) is 37.3 Å². The summed E-state index contributed by atoms with van der Waals surface area (Å²) in [6.07, 6.45) is 2.70. The minimum Gasteiger partial charge on any atom is -0.495 e. The van der Waals surface area contributed by atoms with Crippen LogP contribution in [0.2, 0.25) is 0 Å². The maximum absolute atomic E-state index is 13.0. The van der Waals surface area contributed by atoms with Gasteiger partial charge in [0.2, 0.25) is 0 Å². The fourth-order valence-electron chi connectivity index (χ4n) is 2.92. The van der Waals surface area contributed by atoms with Crippen molar-refractivity contribution < 1.29 is 17.9 Å². The van der Waals surface area contributed by atoms with Gasteiger partial charge < -0.3 is 14.8 Å². The third-order valence-corrected chi connectivity index (χ3v) is 6.49. The van der Waals surface area contributed by atoms with Gasteiger partial charge in [0.05, 0.1) is 17.9 Å². The number of hydrogen-bond acceptors (Lipinski definition) is 6. The Morgan fingerprint density at radius 2 is 2.04 bits per heavy atom. The summed E-state index contributed by atoms with van der Waals surface area (Å²) in [5.74, 6) is 0.338. The maximum atomic E-state index is 13.0. The molecule has 1 aromatic carbocycles. The molecule has 1 aliphatic heterocycles. The first-order valence-corrected chi connectivity index (χ1v) is 9.08. The van der Waals surface area contributed by atoms with E-state index in [4.69, 9.17) is 9.47 Å². The summed E-state index contributed by atoms with van der Waals surface area (Å²) in [6.45, 7) is 0.951. The van der Waals surface area contributed by atoms with E-state index in [1.54, 1.807) is 25.4 Å². The smallest absolute Gasteiger partial charge is 0.185 e. The largest absolute Gasteiger partial charge is 0.495 e. The van der Waals surface area contributed by atoms with Crippen molar-refractivity contribution in [2.24, 2.45) is 0 Å². The first-order valence-electron chi connectivity index (χ1n) is 7.54. The molecule has 0 aliphatic carbocycles. The van der Waals surface area contributed by atoms with Gasteiger partial charge in [0.25, 0.3) is 0 Å². The summed E-state index contributed by atoms with van der Waals surface area (Å²) in [4.78, 5) is 4.53. The molecule has 0 spiro atoms. The fraction of sp³-hybridized carbons (Fsp3) is 0.438. The van der Waals surface area contributed by atoms with Gasteiger partial charge in [0.15, 0.2) is 9.84 Å². The van der Waals surface area contributed by atoms with Gasteiger partial charge in [0, 0.05) is 43.6 Å². The molecule has 0 amide bonds. The zero-order valence-electron chi connectivity index (χ0n) is 13.2. The molecule has 1 fully saturated rings. The Labute approximate surface area is 135 Å². The van der Waals surface area contributed by atoms with E-state index in [1.807, 2.05) is 6.07 Å². The van der Waals surface area contributed by atoms with Gasteiger partial charge in [-0.3, -0.25) is 4.98 Å². The van der Waals surface area contributed by atoms with Gasteiger partial charge in [-0.2, -0.15) is 0 Å². The Kier molecular flexibility index (Phi) is 4.41. The van der Waals surface area contributed by atoms with E-state index < -0.39 is 15.1 Å². The van der Waals surface area contributed by atoms with Gasteiger partial charge in [0.1, 0.15) is 10.6 Å². The summed E-state index contributed by atoms with van der Waals surface area (Å²) in [6, 6.07) is 5.17. The van der Waals surface area contributed by atoms with E-state index in [0.717, 1.165) is 11.1 Å². The number of rotatable bonds is 4. The van der Waals surface area contributed by atoms with Crippen molar-refractivity contribution in [3.63, 3.8) is 0 Å². The number of nitrogens with zero attached hydrogens (tertiary/aromatic N) is 1. The molecule has 1 saturated heterocycles. The zero-order chi connectivity index (χ0) is 16.4. The molecule has 6 nitrogen and oxygen atoms in total. The summed E-state index contributed by atoms with van der Waals surface area (Å²) in [5, 5.41) is 3.40. The minimum atomic E-state index is -3.48. The van der Waals surface area contributed by atoms with Crippen LogP contribution in [0.5, 0.6) is 5.75 Å². The van der Waals surface area contributed by atoms with Crippen LogP contribution in [0.15, 0.2) is 29.3 Å². The molecule has 1 aromatic heterocycles. The van der Waals surface area contributed by atoms with E-state index in [9.17, 15) is 8.42 Å². The average Bonchev–Trinajstić information content (AvgIpc) is 2.60. The van der Waals surface area contributed by atoms with Crippen LogP contribution in [0.3, 0.4) is 0 Å². The van der Waals surface area contributed by atoms with Crippen LogP contribution >= 0.6 is 0 Å². The molecule has 124 valence electrons. The number of methoxy groups -OCH3 is 1. The number of aromatic nitrogens is 1. The number of fused-ring (bicyclic) bond motifs is 1. The monoisotopic (exact) mass is 336 g/mol. The highest BCUT2D eigenvalue weighted by atomic mass is 32.2. The summed E-state index contributed by atoms with van der Waals surface area (Å²) in [5.41, 5.74) is 1.53. The molecule has 2 aromatic rings. The van der Waals surface area contributed by atoms with Crippen molar-refractivity contribution in [2.75, 3.05) is 32.7 Å². The lowest BCUT2D eigenvalue weighted by molar-refractivity contribution is 0.0983. The first kappa shape index (κ1) is 16.0. The Bertz CT molecular complexity index is 814. The SMILES string of the molecule is CNc1ccnc2cc(OC)c(S(=O)(=O)C3CCOCC3)cc12. The Balaban J connectivity index is 2.18. The summed E-state index contributed by atoms with van der Waals surface area (Å²) in [7, 11) is -0.206. The number of ether oxygens (including phenoxy) is 2. The molecule has 23 heavy (non-hydrogen) atoms. The summed E-state index contributed by atoms with van der Waals surface area (Å²) < 4.78 is 36.7. The molecule has 0 bridgehead atoms. The summed E-state index contributed by atoms with van der Waals surface area (Å²) >= 11 is 0. The van der Waals surface area contributed by atoms with Crippen molar-refractivity contribution >= 4 is 26.4 Å². The number of sulfone groups is 1.